The van der Waals surface area contributed by atoms with E-state index >= 15 is 0 Å². The molecule has 0 bridgehead atoms. The average Bonchev–Trinajstić information content (AvgIpc) is 3.09. The van der Waals surface area contributed by atoms with Crippen molar-refractivity contribution in [1.29, 1.82) is 0 Å². The van der Waals surface area contributed by atoms with Gasteiger partial charge in [0.15, 0.2) is 0 Å². The van der Waals surface area contributed by atoms with Crippen LogP contribution in [-0.4, -0.2) is 19.6 Å². The predicted octanol–water partition coefficient (Wildman–Crippen LogP) is 3.11. The lowest BCUT2D eigenvalue weighted by atomic mass is 10.2. The summed E-state index contributed by atoms with van der Waals surface area (Å²) in [7, 11) is 0. The van der Waals surface area contributed by atoms with Crippen molar-refractivity contribution in [3.8, 4) is 10.4 Å². The average molecular weight is 285 g/mol. The molecule has 0 aliphatic heterocycles. The molecule has 1 atom stereocenters. The Hall–Kier alpha value is -1.98. The Kier molecular flexibility index (Phi) is 3.62. The molecule has 3 rings (SSSR count). The molecule has 20 heavy (non-hydrogen) atoms. The van der Waals surface area contributed by atoms with Crippen molar-refractivity contribution < 1.29 is 5.11 Å². The Morgan fingerprint density at radius 1 is 1.25 bits per heavy atom. The number of aromatic nitrogens is 3. The largest absolute Gasteiger partial charge is 0.385 e. The third kappa shape index (κ3) is 2.64. The number of aliphatic hydroxyl groups is 1. The molecule has 0 aliphatic rings. The quantitative estimate of drug-likeness (QED) is 0.801. The zero-order chi connectivity index (χ0) is 13.9. The fourth-order valence-corrected chi connectivity index (χ4v) is 3.01. The number of aliphatic hydroxyl groups excluding tert-OH is 1. The van der Waals surface area contributed by atoms with Gasteiger partial charge in [-0.2, -0.15) is 0 Å². The lowest BCUT2D eigenvalue weighted by Crippen LogP contribution is -2.06. The molecule has 5 heteroatoms. The minimum Gasteiger partial charge on any atom is -0.385 e. The molecular formula is C15H15N3OS. The summed E-state index contributed by atoms with van der Waals surface area (Å²) in [5.74, 6) is 0.668. The zero-order valence-electron chi connectivity index (χ0n) is 11.1. The van der Waals surface area contributed by atoms with Crippen LogP contribution < -0.4 is 0 Å². The number of imidazole rings is 1. The fraction of sp³-hybridized carbons (Fsp3) is 0.200. The molecule has 2 heterocycles. The van der Waals surface area contributed by atoms with Crippen molar-refractivity contribution in [2.24, 2.45) is 0 Å². The van der Waals surface area contributed by atoms with E-state index in [0.717, 1.165) is 9.88 Å². The first-order valence-corrected chi connectivity index (χ1v) is 7.25. The molecular weight excluding hydrogens is 270 g/mol. The maximum Gasteiger partial charge on any atom is 0.137 e. The van der Waals surface area contributed by atoms with Crippen molar-refractivity contribution in [2.75, 3.05) is 0 Å². The second-order valence-corrected chi connectivity index (χ2v) is 5.69. The van der Waals surface area contributed by atoms with Gasteiger partial charge >= 0.3 is 0 Å². The van der Waals surface area contributed by atoms with Crippen LogP contribution in [0, 0.1) is 0 Å². The van der Waals surface area contributed by atoms with E-state index in [1.807, 2.05) is 35.2 Å². The number of hydrogen-bond acceptors (Lipinski definition) is 4. The predicted molar refractivity (Wildman–Crippen MR) is 79.5 cm³/mol. The van der Waals surface area contributed by atoms with Gasteiger partial charge in [-0.15, -0.1) is 11.3 Å². The Bertz CT molecular complexity index is 688. The molecule has 1 N–H and O–H groups in total. The maximum atomic E-state index is 9.65. The van der Waals surface area contributed by atoms with Crippen LogP contribution in [0.25, 0.3) is 10.4 Å². The number of rotatable bonds is 4. The molecule has 3 aromatic rings. The fourth-order valence-electron chi connectivity index (χ4n) is 2.09. The van der Waals surface area contributed by atoms with E-state index < -0.39 is 6.10 Å². The van der Waals surface area contributed by atoms with Gasteiger partial charge < -0.3 is 9.67 Å². The van der Waals surface area contributed by atoms with Crippen LogP contribution in [0.4, 0.5) is 0 Å². The monoisotopic (exact) mass is 285 g/mol. The molecule has 0 saturated carbocycles. The van der Waals surface area contributed by atoms with Crippen molar-refractivity contribution in [1.82, 2.24) is 14.5 Å². The van der Waals surface area contributed by atoms with Crippen LogP contribution in [0.1, 0.15) is 23.9 Å². The number of thiazole rings is 1. The summed E-state index contributed by atoms with van der Waals surface area (Å²) in [4.78, 5) is 9.77. The molecule has 0 fully saturated rings. The second kappa shape index (κ2) is 5.56. The van der Waals surface area contributed by atoms with Crippen molar-refractivity contribution in [3.63, 3.8) is 0 Å². The van der Waals surface area contributed by atoms with Gasteiger partial charge in [0.1, 0.15) is 16.9 Å². The summed E-state index contributed by atoms with van der Waals surface area (Å²) in [6.07, 6.45) is 4.90. The molecule has 0 radical (unpaired) electrons. The number of benzene rings is 1. The zero-order valence-corrected chi connectivity index (χ0v) is 11.9. The maximum absolute atomic E-state index is 9.65. The summed E-state index contributed by atoms with van der Waals surface area (Å²) in [6, 6.07) is 10.2. The molecule has 2 aromatic heterocycles. The summed E-state index contributed by atoms with van der Waals surface area (Å²) < 4.78 is 1.93. The molecule has 4 nitrogen and oxygen atoms in total. The standard InChI is InChI=1S/C15H15N3OS/c1-11(19)15-16-7-8-18(15)10-14-17-9-13(20-14)12-5-3-2-4-6-12/h2-9,11,19H,10H2,1H3. The first-order valence-electron chi connectivity index (χ1n) is 6.43. The second-order valence-electron chi connectivity index (χ2n) is 4.57. The van der Waals surface area contributed by atoms with Crippen molar-refractivity contribution in [3.05, 3.63) is 59.8 Å². The van der Waals surface area contributed by atoms with Gasteiger partial charge in [-0.05, 0) is 12.5 Å². The normalized spacial score (nSPS) is 12.5. The minimum atomic E-state index is -0.571. The summed E-state index contributed by atoms with van der Waals surface area (Å²) in [6.45, 7) is 2.35. The van der Waals surface area contributed by atoms with E-state index in [1.165, 1.54) is 5.56 Å². The van der Waals surface area contributed by atoms with Crippen LogP contribution in [-0.2, 0) is 6.54 Å². The molecule has 0 spiro atoms. The van der Waals surface area contributed by atoms with Crippen LogP contribution in [0.3, 0.4) is 0 Å². The highest BCUT2D eigenvalue weighted by Crippen LogP contribution is 2.26. The van der Waals surface area contributed by atoms with Gasteiger partial charge in [0.05, 0.1) is 11.4 Å². The minimum absolute atomic E-state index is 0.571. The first kappa shape index (κ1) is 13.0. The van der Waals surface area contributed by atoms with Gasteiger partial charge in [0.25, 0.3) is 0 Å². The lowest BCUT2D eigenvalue weighted by molar-refractivity contribution is 0.184. The highest BCUT2D eigenvalue weighted by Gasteiger charge is 2.11. The number of nitrogens with zero attached hydrogens (tertiary/aromatic N) is 3. The van der Waals surface area contributed by atoms with Gasteiger partial charge in [-0.3, -0.25) is 0 Å². The molecule has 0 amide bonds. The molecule has 0 aliphatic carbocycles. The Morgan fingerprint density at radius 2 is 2.05 bits per heavy atom. The van der Waals surface area contributed by atoms with Crippen LogP contribution in [0.5, 0.6) is 0 Å². The lowest BCUT2D eigenvalue weighted by Gasteiger charge is -2.07. The summed E-state index contributed by atoms with van der Waals surface area (Å²) >= 11 is 1.66. The van der Waals surface area contributed by atoms with Gasteiger partial charge in [-0.1, -0.05) is 30.3 Å². The van der Waals surface area contributed by atoms with E-state index in [-0.39, 0.29) is 0 Å². The SMILES string of the molecule is CC(O)c1nccn1Cc1ncc(-c2ccccc2)s1. The van der Waals surface area contributed by atoms with Gasteiger partial charge in [-0.25, -0.2) is 9.97 Å². The van der Waals surface area contributed by atoms with Crippen LogP contribution in [0.2, 0.25) is 0 Å². The van der Waals surface area contributed by atoms with Crippen molar-refractivity contribution >= 4 is 11.3 Å². The van der Waals surface area contributed by atoms with Gasteiger partial charge in [0.2, 0.25) is 0 Å². The van der Waals surface area contributed by atoms with Crippen molar-refractivity contribution in [2.45, 2.75) is 19.6 Å². The summed E-state index contributed by atoms with van der Waals surface area (Å²) in [5, 5.41) is 10.7. The Balaban J connectivity index is 1.83. The molecule has 0 saturated heterocycles. The third-order valence-electron chi connectivity index (χ3n) is 3.04. The van der Waals surface area contributed by atoms with Crippen LogP contribution >= 0.6 is 11.3 Å². The Labute approximate surface area is 121 Å². The van der Waals surface area contributed by atoms with Gasteiger partial charge in [0, 0.05) is 18.6 Å². The third-order valence-corrected chi connectivity index (χ3v) is 4.07. The van der Waals surface area contributed by atoms with Crippen LogP contribution in [0.15, 0.2) is 48.9 Å². The molecule has 102 valence electrons. The van der Waals surface area contributed by atoms with E-state index in [1.54, 1.807) is 24.5 Å². The number of hydrogen-bond donors (Lipinski definition) is 1. The van der Waals surface area contributed by atoms with E-state index in [4.69, 9.17) is 0 Å². The highest BCUT2D eigenvalue weighted by molar-refractivity contribution is 7.15. The first-order chi connectivity index (χ1) is 9.74. The summed E-state index contributed by atoms with van der Waals surface area (Å²) in [5.41, 5.74) is 1.18. The molecule has 1 unspecified atom stereocenters. The van der Waals surface area contributed by atoms with E-state index in [9.17, 15) is 5.11 Å². The molecule has 1 aromatic carbocycles. The highest BCUT2D eigenvalue weighted by atomic mass is 32.1. The smallest absolute Gasteiger partial charge is 0.137 e. The Morgan fingerprint density at radius 3 is 2.80 bits per heavy atom. The topological polar surface area (TPSA) is 50.9 Å². The van der Waals surface area contributed by atoms with E-state index in [0.29, 0.717) is 12.4 Å². The van der Waals surface area contributed by atoms with E-state index in [2.05, 4.69) is 22.1 Å².